The SMILES string of the molecule is BN1CC2=C(CCCC2)C(NCC(C)C)C1. The van der Waals surface area contributed by atoms with Crippen molar-refractivity contribution >= 4 is 7.98 Å². The summed E-state index contributed by atoms with van der Waals surface area (Å²) in [5.74, 6) is 0.750. The summed E-state index contributed by atoms with van der Waals surface area (Å²) in [6.07, 6.45) is 5.50. The van der Waals surface area contributed by atoms with E-state index in [2.05, 4.69) is 32.0 Å². The lowest BCUT2D eigenvalue weighted by molar-refractivity contribution is 0.353. The van der Waals surface area contributed by atoms with Gasteiger partial charge >= 0.3 is 0 Å². The minimum atomic E-state index is 0.636. The van der Waals surface area contributed by atoms with Crippen molar-refractivity contribution in [3.8, 4) is 0 Å². The van der Waals surface area contributed by atoms with Gasteiger partial charge in [0.25, 0.3) is 0 Å². The van der Waals surface area contributed by atoms with Crippen LogP contribution in [0.4, 0.5) is 0 Å². The average Bonchev–Trinajstić information content (AvgIpc) is 2.25. The molecule has 0 saturated heterocycles. The normalized spacial score (nSPS) is 27.3. The van der Waals surface area contributed by atoms with E-state index in [-0.39, 0.29) is 0 Å². The van der Waals surface area contributed by atoms with Gasteiger partial charge in [0.2, 0.25) is 0 Å². The smallest absolute Gasteiger partial charge is 0.185 e. The van der Waals surface area contributed by atoms with Crippen molar-refractivity contribution in [2.75, 3.05) is 19.6 Å². The molecule has 0 aromatic rings. The third-order valence-corrected chi connectivity index (χ3v) is 3.78. The van der Waals surface area contributed by atoms with Gasteiger partial charge in [0, 0.05) is 19.1 Å². The molecule has 1 unspecified atom stereocenters. The highest BCUT2D eigenvalue weighted by Gasteiger charge is 2.26. The zero-order valence-corrected chi connectivity index (χ0v) is 11.1. The predicted molar refractivity (Wildman–Crippen MR) is 72.2 cm³/mol. The fourth-order valence-corrected chi connectivity index (χ4v) is 2.97. The van der Waals surface area contributed by atoms with Crippen LogP contribution < -0.4 is 5.32 Å². The Morgan fingerprint density at radius 3 is 2.88 bits per heavy atom. The van der Waals surface area contributed by atoms with E-state index < -0.39 is 0 Å². The van der Waals surface area contributed by atoms with E-state index in [1.54, 1.807) is 11.1 Å². The number of hydrogen-bond donors (Lipinski definition) is 1. The Bertz CT molecular complexity index is 273. The molecule has 1 heterocycles. The maximum absolute atomic E-state index is 3.75. The molecule has 1 atom stereocenters. The fourth-order valence-electron chi connectivity index (χ4n) is 2.97. The van der Waals surface area contributed by atoms with Gasteiger partial charge < -0.3 is 10.1 Å². The molecule has 0 aromatic carbocycles. The lowest BCUT2D eigenvalue weighted by atomic mass is 9.83. The van der Waals surface area contributed by atoms with Gasteiger partial charge in [-0.1, -0.05) is 25.0 Å². The first-order valence-electron chi connectivity index (χ1n) is 6.79. The van der Waals surface area contributed by atoms with Gasteiger partial charge in [-0.05, 0) is 38.1 Å². The van der Waals surface area contributed by atoms with Crippen molar-refractivity contribution < 1.29 is 0 Å². The van der Waals surface area contributed by atoms with Gasteiger partial charge in [-0.25, -0.2) is 0 Å². The zero-order valence-electron chi connectivity index (χ0n) is 11.1. The second-order valence-electron chi connectivity index (χ2n) is 5.89. The number of hydrogen-bond acceptors (Lipinski definition) is 2. The van der Waals surface area contributed by atoms with E-state index in [9.17, 15) is 0 Å². The van der Waals surface area contributed by atoms with Crippen LogP contribution >= 0.6 is 0 Å². The Morgan fingerprint density at radius 2 is 2.12 bits per heavy atom. The molecule has 1 N–H and O–H groups in total. The fraction of sp³-hybridized carbons (Fsp3) is 0.846. The van der Waals surface area contributed by atoms with E-state index in [4.69, 9.17) is 0 Å². The molecule has 0 spiro atoms. The maximum Gasteiger partial charge on any atom is 0.185 e. The molecule has 0 aromatic heterocycles. The number of nitrogens with zero attached hydrogens (tertiary/aromatic N) is 1. The Morgan fingerprint density at radius 1 is 1.38 bits per heavy atom. The van der Waals surface area contributed by atoms with Gasteiger partial charge in [0.1, 0.15) is 0 Å². The second kappa shape index (κ2) is 5.37. The molecule has 2 nitrogen and oxygen atoms in total. The van der Waals surface area contributed by atoms with Crippen LogP contribution in [0.25, 0.3) is 0 Å². The number of nitrogens with one attached hydrogen (secondary N) is 1. The Balaban J connectivity index is 2.04. The Hall–Kier alpha value is -0.275. The predicted octanol–water partition coefficient (Wildman–Crippen LogP) is 1.33. The first-order valence-corrected chi connectivity index (χ1v) is 6.79. The van der Waals surface area contributed by atoms with Gasteiger partial charge in [-0.2, -0.15) is 0 Å². The lowest BCUT2D eigenvalue weighted by Crippen LogP contribution is -2.48. The second-order valence-corrected chi connectivity index (χ2v) is 5.89. The maximum atomic E-state index is 3.75. The van der Waals surface area contributed by atoms with Crippen LogP contribution in [0.1, 0.15) is 39.5 Å². The molecule has 0 radical (unpaired) electrons. The molecule has 1 aliphatic carbocycles. The summed E-state index contributed by atoms with van der Waals surface area (Å²) in [7, 11) is 2.25. The highest BCUT2D eigenvalue weighted by atomic mass is 15.1. The van der Waals surface area contributed by atoms with E-state index in [0.29, 0.717) is 6.04 Å². The minimum absolute atomic E-state index is 0.636. The molecular formula is C13H25BN2. The Kier molecular flexibility index (Phi) is 4.09. The van der Waals surface area contributed by atoms with E-state index in [0.717, 1.165) is 12.5 Å². The average molecular weight is 220 g/mol. The Labute approximate surface area is 101 Å². The third-order valence-electron chi connectivity index (χ3n) is 3.78. The van der Waals surface area contributed by atoms with Crippen LogP contribution in [0, 0.1) is 5.92 Å². The molecule has 3 heteroatoms. The largest absolute Gasteiger partial charge is 0.344 e. The van der Waals surface area contributed by atoms with Crippen LogP contribution in [-0.4, -0.2) is 38.5 Å². The summed E-state index contributed by atoms with van der Waals surface area (Å²) in [6, 6.07) is 0.636. The third kappa shape index (κ3) is 2.89. The number of rotatable bonds is 3. The molecular weight excluding hydrogens is 195 g/mol. The topological polar surface area (TPSA) is 15.3 Å². The van der Waals surface area contributed by atoms with Crippen molar-refractivity contribution in [1.29, 1.82) is 0 Å². The van der Waals surface area contributed by atoms with E-state index in [1.165, 1.54) is 38.8 Å². The first kappa shape index (κ1) is 12.2. The van der Waals surface area contributed by atoms with Crippen molar-refractivity contribution in [2.45, 2.75) is 45.6 Å². The summed E-state index contributed by atoms with van der Waals surface area (Å²) in [4.78, 5) is 2.47. The van der Waals surface area contributed by atoms with E-state index >= 15 is 0 Å². The molecule has 0 amide bonds. The molecule has 90 valence electrons. The summed E-state index contributed by atoms with van der Waals surface area (Å²) in [5, 5.41) is 3.75. The van der Waals surface area contributed by atoms with Crippen LogP contribution in [0.15, 0.2) is 11.1 Å². The molecule has 2 aliphatic rings. The zero-order chi connectivity index (χ0) is 11.5. The highest BCUT2D eigenvalue weighted by molar-refractivity contribution is 6.04. The molecule has 16 heavy (non-hydrogen) atoms. The quantitative estimate of drug-likeness (QED) is 0.570. The van der Waals surface area contributed by atoms with Gasteiger partial charge in [0.15, 0.2) is 7.98 Å². The monoisotopic (exact) mass is 220 g/mol. The molecule has 0 fully saturated rings. The standard InChI is InChI=1S/C13H25BN2/c1-10(2)7-15-13-9-16(14)8-11-5-3-4-6-12(11)13/h10,13,15H,3-9,14H2,1-2H3. The van der Waals surface area contributed by atoms with Crippen molar-refractivity contribution in [3.63, 3.8) is 0 Å². The van der Waals surface area contributed by atoms with E-state index in [1.807, 2.05) is 0 Å². The minimum Gasteiger partial charge on any atom is -0.344 e. The first-order chi connectivity index (χ1) is 7.66. The lowest BCUT2D eigenvalue weighted by Gasteiger charge is -2.38. The van der Waals surface area contributed by atoms with Gasteiger partial charge in [-0.15, -0.1) is 0 Å². The van der Waals surface area contributed by atoms with Crippen LogP contribution in [-0.2, 0) is 0 Å². The highest BCUT2D eigenvalue weighted by Crippen LogP contribution is 2.30. The van der Waals surface area contributed by atoms with Crippen molar-refractivity contribution in [3.05, 3.63) is 11.1 Å². The molecule has 0 bridgehead atoms. The van der Waals surface area contributed by atoms with Crippen LogP contribution in [0.5, 0.6) is 0 Å². The van der Waals surface area contributed by atoms with Crippen LogP contribution in [0.2, 0.25) is 0 Å². The molecule has 0 saturated carbocycles. The van der Waals surface area contributed by atoms with Crippen molar-refractivity contribution in [2.24, 2.45) is 5.92 Å². The summed E-state index contributed by atoms with van der Waals surface area (Å²) < 4.78 is 0. The molecule has 1 aliphatic heterocycles. The van der Waals surface area contributed by atoms with Gasteiger partial charge in [0.05, 0.1) is 0 Å². The molecule has 2 rings (SSSR count). The summed E-state index contributed by atoms with van der Waals surface area (Å²) >= 11 is 0. The van der Waals surface area contributed by atoms with Crippen LogP contribution in [0.3, 0.4) is 0 Å². The van der Waals surface area contributed by atoms with Gasteiger partial charge in [-0.3, -0.25) is 0 Å². The summed E-state index contributed by atoms with van der Waals surface area (Å²) in [6.45, 7) is 8.14. The summed E-state index contributed by atoms with van der Waals surface area (Å²) in [5.41, 5.74) is 3.49. The van der Waals surface area contributed by atoms with Crippen molar-refractivity contribution in [1.82, 2.24) is 10.1 Å².